The Kier molecular flexibility index (Phi) is 4.51. The SMILES string of the molecule is O=C(Nc1ccc(N2CCN(C3CCCC3)C2=O)nc1)c1ccncc1. The van der Waals surface area contributed by atoms with Crippen molar-refractivity contribution in [3.05, 3.63) is 48.4 Å². The van der Waals surface area contributed by atoms with Crippen molar-refractivity contribution >= 4 is 23.4 Å². The monoisotopic (exact) mass is 351 g/mol. The summed E-state index contributed by atoms with van der Waals surface area (Å²) in [7, 11) is 0. The lowest BCUT2D eigenvalue weighted by atomic mass is 10.2. The van der Waals surface area contributed by atoms with Crippen LogP contribution in [0.1, 0.15) is 36.0 Å². The van der Waals surface area contributed by atoms with Gasteiger partial charge >= 0.3 is 6.03 Å². The molecule has 26 heavy (non-hydrogen) atoms. The molecule has 134 valence electrons. The molecular formula is C19H21N5O2. The first-order valence-corrected chi connectivity index (χ1v) is 8.98. The van der Waals surface area contributed by atoms with Crippen LogP contribution in [0.4, 0.5) is 16.3 Å². The molecule has 1 N–H and O–H groups in total. The molecule has 3 heterocycles. The van der Waals surface area contributed by atoms with E-state index in [1.165, 1.54) is 12.8 Å². The number of carbonyl (C=O) groups is 2. The van der Waals surface area contributed by atoms with E-state index in [4.69, 9.17) is 0 Å². The van der Waals surface area contributed by atoms with Crippen molar-refractivity contribution in [1.82, 2.24) is 14.9 Å². The van der Waals surface area contributed by atoms with E-state index in [-0.39, 0.29) is 11.9 Å². The van der Waals surface area contributed by atoms with Gasteiger partial charge in [-0.25, -0.2) is 9.78 Å². The van der Waals surface area contributed by atoms with Crippen molar-refractivity contribution in [3.8, 4) is 0 Å². The molecule has 2 aromatic rings. The standard InChI is InChI=1S/C19H21N5O2/c25-18(14-7-9-20-10-8-14)22-15-5-6-17(21-13-15)24-12-11-23(19(24)26)16-3-1-2-4-16/h5-10,13,16H,1-4,11-12H2,(H,22,25). The van der Waals surface area contributed by atoms with Gasteiger partial charge in [0.1, 0.15) is 5.82 Å². The molecule has 7 heteroatoms. The van der Waals surface area contributed by atoms with Gasteiger partial charge in [0.25, 0.3) is 5.91 Å². The number of pyridine rings is 2. The van der Waals surface area contributed by atoms with Gasteiger partial charge in [-0.2, -0.15) is 0 Å². The van der Waals surface area contributed by atoms with Crippen LogP contribution in [-0.2, 0) is 0 Å². The summed E-state index contributed by atoms with van der Waals surface area (Å²) in [6.45, 7) is 1.41. The molecule has 7 nitrogen and oxygen atoms in total. The van der Waals surface area contributed by atoms with Crippen LogP contribution in [0.15, 0.2) is 42.9 Å². The highest BCUT2D eigenvalue weighted by Gasteiger charge is 2.36. The zero-order valence-electron chi connectivity index (χ0n) is 14.5. The van der Waals surface area contributed by atoms with Crippen molar-refractivity contribution in [2.45, 2.75) is 31.7 Å². The third-order valence-corrected chi connectivity index (χ3v) is 5.03. The van der Waals surface area contributed by atoms with E-state index in [0.29, 0.717) is 29.7 Å². The molecule has 1 saturated carbocycles. The molecule has 3 amide bonds. The number of hydrogen-bond acceptors (Lipinski definition) is 4. The maximum absolute atomic E-state index is 12.7. The molecular weight excluding hydrogens is 330 g/mol. The van der Waals surface area contributed by atoms with Gasteiger partial charge in [-0.05, 0) is 37.1 Å². The molecule has 1 aliphatic carbocycles. The second-order valence-corrected chi connectivity index (χ2v) is 6.66. The van der Waals surface area contributed by atoms with Gasteiger partial charge in [-0.3, -0.25) is 14.7 Å². The predicted octanol–water partition coefficient (Wildman–Crippen LogP) is 2.91. The first-order valence-electron chi connectivity index (χ1n) is 8.98. The fourth-order valence-corrected chi connectivity index (χ4v) is 3.65. The quantitative estimate of drug-likeness (QED) is 0.919. The number of aromatic nitrogens is 2. The van der Waals surface area contributed by atoms with Crippen molar-refractivity contribution in [3.63, 3.8) is 0 Å². The van der Waals surface area contributed by atoms with E-state index in [1.807, 2.05) is 4.90 Å². The Morgan fingerprint density at radius 3 is 2.54 bits per heavy atom. The van der Waals surface area contributed by atoms with Crippen LogP contribution in [0.25, 0.3) is 0 Å². The number of nitrogens with one attached hydrogen (secondary N) is 1. The Balaban J connectivity index is 1.41. The van der Waals surface area contributed by atoms with Crippen LogP contribution in [0, 0.1) is 0 Å². The van der Waals surface area contributed by atoms with Crippen molar-refractivity contribution in [1.29, 1.82) is 0 Å². The Morgan fingerprint density at radius 2 is 1.85 bits per heavy atom. The van der Waals surface area contributed by atoms with Gasteiger partial charge in [-0.1, -0.05) is 12.8 Å². The summed E-state index contributed by atoms with van der Waals surface area (Å²) in [5.74, 6) is 0.406. The minimum Gasteiger partial charge on any atom is -0.321 e. The van der Waals surface area contributed by atoms with Crippen molar-refractivity contribution in [2.75, 3.05) is 23.3 Å². The molecule has 0 aromatic carbocycles. The summed E-state index contributed by atoms with van der Waals surface area (Å²) in [5.41, 5.74) is 1.13. The first kappa shape index (κ1) is 16.5. The van der Waals surface area contributed by atoms with E-state index in [0.717, 1.165) is 19.4 Å². The van der Waals surface area contributed by atoms with Gasteiger partial charge in [0, 0.05) is 37.1 Å². The number of amides is 3. The highest BCUT2D eigenvalue weighted by molar-refractivity contribution is 6.04. The van der Waals surface area contributed by atoms with Gasteiger partial charge in [0.15, 0.2) is 0 Å². The third-order valence-electron chi connectivity index (χ3n) is 5.03. The second kappa shape index (κ2) is 7.11. The number of anilines is 2. The maximum Gasteiger partial charge on any atom is 0.326 e. The zero-order valence-corrected chi connectivity index (χ0v) is 14.5. The molecule has 0 spiro atoms. The van der Waals surface area contributed by atoms with Crippen LogP contribution >= 0.6 is 0 Å². The van der Waals surface area contributed by atoms with Gasteiger partial charge in [0.2, 0.25) is 0 Å². The Bertz CT molecular complexity index is 787. The molecule has 0 bridgehead atoms. The first-order chi connectivity index (χ1) is 12.7. The Morgan fingerprint density at radius 1 is 1.08 bits per heavy atom. The van der Waals surface area contributed by atoms with Gasteiger partial charge in [-0.15, -0.1) is 0 Å². The molecule has 2 aliphatic rings. The second-order valence-electron chi connectivity index (χ2n) is 6.66. The minimum absolute atomic E-state index is 0.0398. The molecule has 0 radical (unpaired) electrons. The number of urea groups is 1. The lowest BCUT2D eigenvalue weighted by Gasteiger charge is -2.23. The Labute approximate surface area is 152 Å². The number of carbonyl (C=O) groups excluding carboxylic acids is 2. The number of hydrogen-bond donors (Lipinski definition) is 1. The van der Waals surface area contributed by atoms with E-state index >= 15 is 0 Å². The zero-order chi connectivity index (χ0) is 17.9. The average molecular weight is 351 g/mol. The number of nitrogens with zero attached hydrogens (tertiary/aromatic N) is 4. The lowest BCUT2D eigenvalue weighted by Crippen LogP contribution is -2.38. The normalized spacial score (nSPS) is 17.8. The molecule has 2 aromatic heterocycles. The van der Waals surface area contributed by atoms with Crippen LogP contribution in [0.5, 0.6) is 0 Å². The van der Waals surface area contributed by atoms with Crippen LogP contribution < -0.4 is 10.2 Å². The van der Waals surface area contributed by atoms with E-state index in [9.17, 15) is 9.59 Å². The fourth-order valence-electron chi connectivity index (χ4n) is 3.65. The minimum atomic E-state index is -0.216. The summed E-state index contributed by atoms with van der Waals surface area (Å²) < 4.78 is 0. The topological polar surface area (TPSA) is 78.4 Å². The maximum atomic E-state index is 12.7. The summed E-state index contributed by atoms with van der Waals surface area (Å²) in [5, 5.41) is 2.80. The summed E-state index contributed by atoms with van der Waals surface area (Å²) >= 11 is 0. The Hall–Kier alpha value is -2.96. The van der Waals surface area contributed by atoms with E-state index in [1.54, 1.807) is 47.8 Å². The van der Waals surface area contributed by atoms with Crippen LogP contribution in [0.3, 0.4) is 0 Å². The van der Waals surface area contributed by atoms with Crippen LogP contribution in [-0.4, -0.2) is 45.9 Å². The molecule has 2 fully saturated rings. The van der Waals surface area contributed by atoms with E-state index in [2.05, 4.69) is 15.3 Å². The van der Waals surface area contributed by atoms with Crippen LogP contribution in [0.2, 0.25) is 0 Å². The molecule has 0 unspecified atom stereocenters. The summed E-state index contributed by atoms with van der Waals surface area (Å²) in [6, 6.07) is 7.27. The fraction of sp³-hybridized carbons (Fsp3) is 0.368. The third kappa shape index (κ3) is 3.24. The lowest BCUT2D eigenvalue weighted by molar-refractivity contribution is 0.102. The summed E-state index contributed by atoms with van der Waals surface area (Å²) in [6.07, 6.45) is 9.35. The predicted molar refractivity (Wildman–Crippen MR) is 98.1 cm³/mol. The van der Waals surface area contributed by atoms with E-state index < -0.39 is 0 Å². The van der Waals surface area contributed by atoms with Crippen molar-refractivity contribution in [2.24, 2.45) is 0 Å². The average Bonchev–Trinajstić information content (AvgIpc) is 3.33. The number of rotatable bonds is 4. The van der Waals surface area contributed by atoms with Crippen molar-refractivity contribution < 1.29 is 9.59 Å². The molecule has 1 aliphatic heterocycles. The largest absolute Gasteiger partial charge is 0.326 e. The molecule has 1 saturated heterocycles. The molecule has 0 atom stereocenters. The smallest absolute Gasteiger partial charge is 0.321 e. The molecule has 4 rings (SSSR count). The van der Waals surface area contributed by atoms with Gasteiger partial charge in [0.05, 0.1) is 11.9 Å². The highest BCUT2D eigenvalue weighted by atomic mass is 16.2. The summed E-state index contributed by atoms with van der Waals surface area (Å²) in [4.78, 5) is 36.8. The highest BCUT2D eigenvalue weighted by Crippen LogP contribution is 2.28. The van der Waals surface area contributed by atoms with Gasteiger partial charge < -0.3 is 10.2 Å².